The van der Waals surface area contributed by atoms with Gasteiger partial charge in [0.05, 0.1) is 0 Å². The molecule has 4 nitrogen and oxygen atoms in total. The Morgan fingerprint density at radius 2 is 1.89 bits per heavy atom. The zero-order chi connectivity index (χ0) is 13.4. The van der Waals surface area contributed by atoms with Crippen LogP contribution < -0.4 is 5.73 Å². The predicted octanol–water partition coefficient (Wildman–Crippen LogP) is 2.21. The number of halogens is 1. The Labute approximate surface area is 118 Å². The fourth-order valence-electron chi connectivity index (χ4n) is 2.41. The van der Waals surface area contributed by atoms with Crippen LogP contribution in [0.1, 0.15) is 44.9 Å². The van der Waals surface area contributed by atoms with E-state index >= 15 is 0 Å². The molecule has 0 aromatic heterocycles. The molecule has 1 atom stereocenters. The van der Waals surface area contributed by atoms with E-state index in [2.05, 4.69) is 20.8 Å². The van der Waals surface area contributed by atoms with E-state index < -0.39 is 11.5 Å². The first-order valence-corrected chi connectivity index (χ1v) is 8.01. The fraction of sp³-hybridized carbons (Fsp3) is 0.923. The lowest BCUT2D eigenvalue weighted by molar-refractivity contribution is -0.144. The number of hydrogen-bond acceptors (Lipinski definition) is 3. The normalized spacial score (nSPS) is 20.6. The minimum atomic E-state index is -1.04. The van der Waals surface area contributed by atoms with Crippen molar-refractivity contribution in [2.45, 2.75) is 50.5 Å². The smallest absolute Gasteiger partial charge is 0.323 e. The van der Waals surface area contributed by atoms with Gasteiger partial charge in [0.15, 0.2) is 0 Å². The van der Waals surface area contributed by atoms with Crippen molar-refractivity contribution >= 4 is 21.9 Å². The third-order valence-electron chi connectivity index (χ3n) is 3.76. The summed E-state index contributed by atoms with van der Waals surface area (Å²) < 4.78 is 0. The maximum atomic E-state index is 11.3. The summed E-state index contributed by atoms with van der Waals surface area (Å²) in [5.41, 5.74) is 5.02. The van der Waals surface area contributed by atoms with Crippen LogP contribution in [-0.2, 0) is 4.79 Å². The van der Waals surface area contributed by atoms with Gasteiger partial charge < -0.3 is 15.7 Å². The number of unbranched alkanes of at least 4 members (excludes halogenated alkanes) is 1. The molecule has 0 bridgehead atoms. The standard InChI is InChI=1S/C13H25BrN2O2/c14-8-3-2-6-13(15,12(17)18)7-11-16-9-4-1-5-10-16/h1-11,15H2,(H,17,18)/t13-/m1/s1. The summed E-state index contributed by atoms with van der Waals surface area (Å²) in [7, 11) is 0. The number of nitrogens with zero attached hydrogens (tertiary/aromatic N) is 1. The van der Waals surface area contributed by atoms with Crippen molar-refractivity contribution in [3.8, 4) is 0 Å². The van der Waals surface area contributed by atoms with Crippen molar-refractivity contribution in [2.24, 2.45) is 5.73 Å². The minimum Gasteiger partial charge on any atom is -0.480 e. The van der Waals surface area contributed by atoms with Crippen LogP contribution in [0.25, 0.3) is 0 Å². The number of piperidine rings is 1. The molecule has 0 aromatic rings. The van der Waals surface area contributed by atoms with Crippen LogP contribution in [0.5, 0.6) is 0 Å². The number of carboxylic acids is 1. The van der Waals surface area contributed by atoms with Gasteiger partial charge in [0.2, 0.25) is 0 Å². The number of carbonyl (C=O) groups is 1. The molecule has 1 aliphatic heterocycles. The molecule has 1 heterocycles. The maximum Gasteiger partial charge on any atom is 0.323 e. The van der Waals surface area contributed by atoms with E-state index in [1.807, 2.05) is 0 Å². The molecule has 1 aliphatic rings. The van der Waals surface area contributed by atoms with Crippen LogP contribution in [-0.4, -0.2) is 46.5 Å². The van der Waals surface area contributed by atoms with E-state index in [0.717, 1.165) is 37.8 Å². The Morgan fingerprint density at radius 1 is 1.22 bits per heavy atom. The second kappa shape index (κ2) is 8.12. The third kappa shape index (κ3) is 5.24. The maximum absolute atomic E-state index is 11.3. The van der Waals surface area contributed by atoms with Crippen molar-refractivity contribution in [1.29, 1.82) is 0 Å². The van der Waals surface area contributed by atoms with Gasteiger partial charge in [-0.3, -0.25) is 4.79 Å². The second-order valence-electron chi connectivity index (χ2n) is 5.26. The summed E-state index contributed by atoms with van der Waals surface area (Å²) in [5, 5.41) is 10.2. The van der Waals surface area contributed by atoms with Gasteiger partial charge in [-0.1, -0.05) is 28.8 Å². The second-order valence-corrected chi connectivity index (χ2v) is 6.05. The molecule has 0 spiro atoms. The average molecular weight is 321 g/mol. The molecule has 0 aromatic carbocycles. The number of hydrogen-bond donors (Lipinski definition) is 2. The minimum absolute atomic E-state index is 0.560. The molecule has 1 rings (SSSR count). The number of aliphatic carboxylic acids is 1. The van der Waals surface area contributed by atoms with Crippen molar-refractivity contribution in [2.75, 3.05) is 25.0 Å². The van der Waals surface area contributed by atoms with Gasteiger partial charge in [-0.15, -0.1) is 0 Å². The fourth-order valence-corrected chi connectivity index (χ4v) is 2.81. The van der Waals surface area contributed by atoms with Gasteiger partial charge in [-0.25, -0.2) is 0 Å². The predicted molar refractivity (Wildman–Crippen MR) is 77.1 cm³/mol. The van der Waals surface area contributed by atoms with Gasteiger partial charge >= 0.3 is 5.97 Å². The Kier molecular flexibility index (Phi) is 7.19. The van der Waals surface area contributed by atoms with Gasteiger partial charge in [0, 0.05) is 11.9 Å². The Bertz CT molecular complexity index is 257. The highest BCUT2D eigenvalue weighted by molar-refractivity contribution is 9.09. The number of nitrogens with two attached hydrogens (primary N) is 1. The number of alkyl halides is 1. The molecule has 0 radical (unpaired) electrons. The Hall–Kier alpha value is -0.130. The van der Waals surface area contributed by atoms with E-state index in [9.17, 15) is 9.90 Å². The summed E-state index contributed by atoms with van der Waals surface area (Å²) in [6.07, 6.45) is 6.74. The first-order valence-electron chi connectivity index (χ1n) is 6.89. The van der Waals surface area contributed by atoms with Crippen molar-refractivity contribution in [1.82, 2.24) is 4.90 Å². The van der Waals surface area contributed by atoms with Crippen LogP contribution in [0.2, 0.25) is 0 Å². The summed E-state index contributed by atoms with van der Waals surface area (Å²) in [6, 6.07) is 0. The van der Waals surface area contributed by atoms with Crippen molar-refractivity contribution in [3.05, 3.63) is 0 Å². The zero-order valence-electron chi connectivity index (χ0n) is 11.0. The summed E-state index contributed by atoms with van der Waals surface area (Å²) >= 11 is 3.36. The zero-order valence-corrected chi connectivity index (χ0v) is 12.6. The molecule has 0 amide bonds. The highest BCUT2D eigenvalue weighted by Gasteiger charge is 2.33. The number of carboxylic acid groups (broad SMARTS) is 1. The molecule has 0 unspecified atom stereocenters. The first kappa shape index (κ1) is 15.9. The van der Waals surface area contributed by atoms with Gasteiger partial charge in [0.1, 0.15) is 5.54 Å². The topological polar surface area (TPSA) is 66.6 Å². The molecular weight excluding hydrogens is 296 g/mol. The lowest BCUT2D eigenvalue weighted by Crippen LogP contribution is -2.50. The highest BCUT2D eigenvalue weighted by atomic mass is 79.9. The molecule has 5 heteroatoms. The highest BCUT2D eigenvalue weighted by Crippen LogP contribution is 2.19. The Morgan fingerprint density at radius 3 is 2.44 bits per heavy atom. The van der Waals surface area contributed by atoms with Crippen LogP contribution in [0.3, 0.4) is 0 Å². The average Bonchev–Trinajstić information content (AvgIpc) is 2.38. The molecule has 3 N–H and O–H groups in total. The van der Waals surface area contributed by atoms with E-state index in [0.29, 0.717) is 12.8 Å². The summed E-state index contributed by atoms with van der Waals surface area (Å²) in [4.78, 5) is 13.7. The van der Waals surface area contributed by atoms with Gasteiger partial charge in [-0.2, -0.15) is 0 Å². The monoisotopic (exact) mass is 320 g/mol. The molecule has 106 valence electrons. The Balaban J connectivity index is 2.37. The van der Waals surface area contributed by atoms with Crippen LogP contribution >= 0.6 is 15.9 Å². The van der Waals surface area contributed by atoms with Crippen molar-refractivity contribution in [3.63, 3.8) is 0 Å². The van der Waals surface area contributed by atoms with Gasteiger partial charge in [0.25, 0.3) is 0 Å². The molecule has 1 saturated heterocycles. The van der Waals surface area contributed by atoms with Crippen LogP contribution in [0, 0.1) is 0 Å². The van der Waals surface area contributed by atoms with E-state index in [-0.39, 0.29) is 0 Å². The molecule has 1 fully saturated rings. The van der Waals surface area contributed by atoms with Gasteiger partial charge in [-0.05, 0) is 45.2 Å². The largest absolute Gasteiger partial charge is 0.480 e. The summed E-state index contributed by atoms with van der Waals surface area (Å²) in [5.74, 6) is -0.853. The van der Waals surface area contributed by atoms with E-state index in [1.54, 1.807) is 0 Å². The number of rotatable bonds is 8. The lowest BCUT2D eigenvalue weighted by atomic mass is 9.90. The number of likely N-dealkylation sites (tertiary alicyclic amines) is 1. The quantitative estimate of drug-likeness (QED) is 0.531. The van der Waals surface area contributed by atoms with Crippen LogP contribution in [0.4, 0.5) is 0 Å². The lowest BCUT2D eigenvalue weighted by Gasteiger charge is -2.31. The molecular formula is C13H25BrN2O2. The van der Waals surface area contributed by atoms with E-state index in [1.165, 1.54) is 19.3 Å². The van der Waals surface area contributed by atoms with Crippen molar-refractivity contribution < 1.29 is 9.90 Å². The summed E-state index contributed by atoms with van der Waals surface area (Å²) in [6.45, 7) is 3.01. The molecule has 0 aliphatic carbocycles. The van der Waals surface area contributed by atoms with E-state index in [4.69, 9.17) is 5.73 Å². The third-order valence-corrected chi connectivity index (χ3v) is 4.32. The van der Waals surface area contributed by atoms with Crippen LogP contribution in [0.15, 0.2) is 0 Å². The SMILES string of the molecule is N[C@](CCCCBr)(CCN1CCCCC1)C(=O)O. The molecule has 0 saturated carbocycles. The first-order chi connectivity index (χ1) is 8.58. The molecule has 18 heavy (non-hydrogen) atoms.